The molecule has 0 fully saturated rings. The molecule has 0 aliphatic rings. The van der Waals surface area contributed by atoms with Crippen LogP contribution in [-0.2, 0) is 6.42 Å². The molecule has 22 heavy (non-hydrogen) atoms. The van der Waals surface area contributed by atoms with Gasteiger partial charge >= 0.3 is 0 Å². The number of aromatic nitrogens is 1. The molecule has 1 aromatic heterocycles. The van der Waals surface area contributed by atoms with E-state index in [0.29, 0.717) is 5.58 Å². The number of para-hydroxylation sites is 1. The van der Waals surface area contributed by atoms with E-state index >= 15 is 0 Å². The topological polar surface area (TPSA) is 46.3 Å². The number of nitrogens with zero attached hydrogens (tertiary/aromatic N) is 1. The van der Waals surface area contributed by atoms with Gasteiger partial charge in [-0.2, -0.15) is 0 Å². The maximum absolute atomic E-state index is 9.70. The number of benzene rings is 1. The molecular weight excluding hydrogens is 274 g/mol. The number of phenols is 1. The van der Waals surface area contributed by atoms with E-state index in [0.717, 1.165) is 23.9 Å². The van der Waals surface area contributed by atoms with E-state index in [-0.39, 0.29) is 5.75 Å². The smallest absolute Gasteiger partial charge is 0.208 e. The van der Waals surface area contributed by atoms with E-state index < -0.39 is 0 Å². The predicted molar refractivity (Wildman–Crippen MR) is 91.2 cm³/mol. The SMILES string of the molecule is CCCCCCCCCCCCc1noc2c(O)cccc12. The van der Waals surface area contributed by atoms with Gasteiger partial charge in [-0.1, -0.05) is 75.9 Å². The van der Waals surface area contributed by atoms with E-state index in [4.69, 9.17) is 4.52 Å². The third-order valence-corrected chi connectivity index (χ3v) is 4.32. The van der Waals surface area contributed by atoms with Crippen molar-refractivity contribution in [2.24, 2.45) is 0 Å². The van der Waals surface area contributed by atoms with Gasteiger partial charge in [-0.05, 0) is 25.0 Å². The van der Waals surface area contributed by atoms with E-state index in [9.17, 15) is 5.11 Å². The van der Waals surface area contributed by atoms with E-state index in [1.807, 2.05) is 12.1 Å². The van der Waals surface area contributed by atoms with Gasteiger partial charge in [0.15, 0.2) is 5.75 Å². The molecule has 0 atom stereocenters. The third-order valence-electron chi connectivity index (χ3n) is 4.32. The zero-order valence-corrected chi connectivity index (χ0v) is 13.8. The molecular formula is C19H29NO2. The van der Waals surface area contributed by atoms with Gasteiger partial charge in [0, 0.05) is 5.39 Å². The lowest BCUT2D eigenvalue weighted by atomic mass is 10.0. The summed E-state index contributed by atoms with van der Waals surface area (Å²) in [7, 11) is 0. The Morgan fingerprint density at radius 3 is 2.23 bits per heavy atom. The van der Waals surface area contributed by atoms with E-state index in [1.165, 1.54) is 57.8 Å². The molecule has 0 unspecified atom stereocenters. The molecule has 0 saturated heterocycles. The minimum absolute atomic E-state index is 0.180. The van der Waals surface area contributed by atoms with Gasteiger partial charge in [0.2, 0.25) is 5.58 Å². The van der Waals surface area contributed by atoms with Crippen molar-refractivity contribution in [2.75, 3.05) is 0 Å². The molecule has 0 amide bonds. The van der Waals surface area contributed by atoms with Gasteiger partial charge in [-0.3, -0.25) is 0 Å². The minimum Gasteiger partial charge on any atom is -0.504 e. The lowest BCUT2D eigenvalue weighted by Gasteiger charge is -2.01. The molecule has 1 N–H and O–H groups in total. The van der Waals surface area contributed by atoms with Crippen molar-refractivity contribution in [1.82, 2.24) is 5.16 Å². The maximum Gasteiger partial charge on any atom is 0.208 e. The van der Waals surface area contributed by atoms with Crippen molar-refractivity contribution in [2.45, 2.75) is 77.6 Å². The number of unbranched alkanes of at least 4 members (excludes halogenated alkanes) is 9. The first-order chi connectivity index (χ1) is 10.8. The van der Waals surface area contributed by atoms with E-state index in [1.54, 1.807) is 6.07 Å². The number of fused-ring (bicyclic) bond motifs is 1. The highest BCUT2D eigenvalue weighted by molar-refractivity contribution is 5.84. The van der Waals surface area contributed by atoms with Gasteiger partial charge in [0.25, 0.3) is 0 Å². The van der Waals surface area contributed by atoms with Crippen LogP contribution < -0.4 is 0 Å². The summed E-state index contributed by atoms with van der Waals surface area (Å²) in [6, 6.07) is 5.45. The van der Waals surface area contributed by atoms with Crippen molar-refractivity contribution in [3.63, 3.8) is 0 Å². The summed E-state index contributed by atoms with van der Waals surface area (Å²) < 4.78 is 5.22. The van der Waals surface area contributed by atoms with Gasteiger partial charge in [0.1, 0.15) is 0 Å². The van der Waals surface area contributed by atoms with Crippen LogP contribution in [-0.4, -0.2) is 10.3 Å². The second kappa shape index (κ2) is 9.50. The van der Waals surface area contributed by atoms with Crippen molar-refractivity contribution < 1.29 is 9.63 Å². The summed E-state index contributed by atoms with van der Waals surface area (Å²) in [6.45, 7) is 2.26. The Morgan fingerprint density at radius 1 is 0.909 bits per heavy atom. The Bertz CT molecular complexity index is 547. The van der Waals surface area contributed by atoms with Crippen LogP contribution in [0, 0.1) is 0 Å². The highest BCUT2D eigenvalue weighted by Gasteiger charge is 2.10. The Morgan fingerprint density at radius 2 is 1.55 bits per heavy atom. The highest BCUT2D eigenvalue weighted by Crippen LogP contribution is 2.27. The Kier molecular flexibility index (Phi) is 7.27. The monoisotopic (exact) mass is 303 g/mol. The zero-order valence-electron chi connectivity index (χ0n) is 13.8. The fourth-order valence-electron chi connectivity index (χ4n) is 2.96. The standard InChI is InChI=1S/C19H29NO2/c1-2-3-4-5-6-7-8-9-10-11-14-17-16-13-12-15-18(21)19(16)22-20-17/h12-13,15,21H,2-11,14H2,1H3. The van der Waals surface area contributed by atoms with Crippen molar-refractivity contribution in [3.8, 4) is 5.75 Å². The molecule has 1 heterocycles. The maximum atomic E-state index is 9.70. The number of hydrogen-bond donors (Lipinski definition) is 1. The van der Waals surface area contributed by atoms with Crippen molar-refractivity contribution in [3.05, 3.63) is 23.9 Å². The molecule has 2 rings (SSSR count). The fraction of sp³-hybridized carbons (Fsp3) is 0.632. The Balaban J connectivity index is 1.58. The average molecular weight is 303 g/mol. The second-order valence-corrected chi connectivity index (χ2v) is 6.22. The molecule has 122 valence electrons. The van der Waals surface area contributed by atoms with Crippen LogP contribution in [0.25, 0.3) is 11.0 Å². The highest BCUT2D eigenvalue weighted by atomic mass is 16.5. The number of rotatable bonds is 11. The first-order valence-corrected chi connectivity index (χ1v) is 8.89. The number of hydrogen-bond acceptors (Lipinski definition) is 3. The number of phenolic OH excluding ortho intramolecular Hbond substituents is 1. The summed E-state index contributed by atoms with van der Waals surface area (Å²) in [5.41, 5.74) is 1.50. The summed E-state index contributed by atoms with van der Waals surface area (Å²) in [4.78, 5) is 0. The molecule has 0 aliphatic carbocycles. The molecule has 0 bridgehead atoms. The molecule has 0 aliphatic heterocycles. The predicted octanol–water partition coefficient (Wildman–Crippen LogP) is 6.00. The van der Waals surface area contributed by atoms with E-state index in [2.05, 4.69) is 12.1 Å². The average Bonchev–Trinajstić information content (AvgIpc) is 2.94. The molecule has 0 radical (unpaired) electrons. The van der Waals surface area contributed by atoms with Crippen LogP contribution in [0.5, 0.6) is 5.75 Å². The van der Waals surface area contributed by atoms with Gasteiger partial charge in [-0.25, -0.2) is 0 Å². The largest absolute Gasteiger partial charge is 0.504 e. The lowest BCUT2D eigenvalue weighted by molar-refractivity contribution is 0.415. The van der Waals surface area contributed by atoms with Crippen molar-refractivity contribution >= 4 is 11.0 Å². The first kappa shape index (κ1) is 16.9. The van der Waals surface area contributed by atoms with Crippen molar-refractivity contribution in [1.29, 1.82) is 0 Å². The van der Waals surface area contributed by atoms with Crippen LogP contribution >= 0.6 is 0 Å². The quantitative estimate of drug-likeness (QED) is 0.518. The third kappa shape index (κ3) is 5.04. The van der Waals surface area contributed by atoms with Crippen LogP contribution in [0.3, 0.4) is 0 Å². The first-order valence-electron chi connectivity index (χ1n) is 8.89. The van der Waals surface area contributed by atoms with Gasteiger partial charge in [-0.15, -0.1) is 0 Å². The molecule has 3 heteroatoms. The lowest BCUT2D eigenvalue weighted by Crippen LogP contribution is -1.87. The number of aromatic hydroxyl groups is 1. The molecule has 1 aromatic carbocycles. The fourth-order valence-corrected chi connectivity index (χ4v) is 2.96. The molecule has 0 spiro atoms. The molecule has 3 nitrogen and oxygen atoms in total. The van der Waals surface area contributed by atoms with Gasteiger partial charge < -0.3 is 9.63 Å². The minimum atomic E-state index is 0.180. The van der Waals surface area contributed by atoms with Gasteiger partial charge in [0.05, 0.1) is 5.69 Å². The van der Waals surface area contributed by atoms with Crippen LogP contribution in [0.15, 0.2) is 22.7 Å². The summed E-state index contributed by atoms with van der Waals surface area (Å²) >= 11 is 0. The van der Waals surface area contributed by atoms with Crippen LogP contribution in [0.4, 0.5) is 0 Å². The normalized spacial score (nSPS) is 11.3. The van der Waals surface area contributed by atoms with Crippen LogP contribution in [0.2, 0.25) is 0 Å². The molecule has 2 aromatic rings. The second-order valence-electron chi connectivity index (χ2n) is 6.22. The number of aryl methyl sites for hydroxylation is 1. The Labute approximate surface area is 133 Å². The summed E-state index contributed by atoms with van der Waals surface area (Å²) in [5, 5.41) is 14.7. The Hall–Kier alpha value is -1.51. The molecule has 0 saturated carbocycles. The zero-order chi connectivity index (χ0) is 15.6. The summed E-state index contributed by atoms with van der Waals surface area (Å²) in [5.74, 6) is 0.180. The van der Waals surface area contributed by atoms with Crippen LogP contribution in [0.1, 0.15) is 76.8 Å². The summed E-state index contributed by atoms with van der Waals surface area (Å²) in [6.07, 6.45) is 14.3.